The lowest BCUT2D eigenvalue weighted by atomic mass is 9.97. The lowest BCUT2D eigenvalue weighted by Crippen LogP contribution is -2.51. The summed E-state index contributed by atoms with van der Waals surface area (Å²) in [4.78, 5) is 2.59. The number of rotatable bonds is 2. The van der Waals surface area contributed by atoms with Gasteiger partial charge in [-0.2, -0.15) is 0 Å². The van der Waals surface area contributed by atoms with Gasteiger partial charge in [-0.25, -0.2) is 0 Å². The minimum Gasteiger partial charge on any atom is -0.380 e. The van der Waals surface area contributed by atoms with Gasteiger partial charge in [0, 0.05) is 37.3 Å². The van der Waals surface area contributed by atoms with Crippen LogP contribution in [0, 0.1) is 0 Å². The highest BCUT2D eigenvalue weighted by Gasteiger charge is 2.28. The van der Waals surface area contributed by atoms with Gasteiger partial charge in [0.2, 0.25) is 0 Å². The topological polar surface area (TPSA) is 24.5 Å². The number of piperidine rings is 1. The van der Waals surface area contributed by atoms with Gasteiger partial charge in [0.25, 0.3) is 0 Å². The lowest BCUT2D eigenvalue weighted by Gasteiger charge is -2.41. The molecule has 3 nitrogen and oxygen atoms in total. The maximum absolute atomic E-state index is 5.40. The first kappa shape index (κ1) is 12.3. The first-order valence-corrected chi connectivity index (χ1v) is 6.64. The Bertz CT molecular complexity index is 210. The summed E-state index contributed by atoms with van der Waals surface area (Å²) in [6.07, 6.45) is 3.76. The monoisotopic (exact) mass is 226 g/mol. The average molecular weight is 226 g/mol. The van der Waals surface area contributed by atoms with Crippen LogP contribution in [0.4, 0.5) is 0 Å². The first-order chi connectivity index (χ1) is 7.55. The molecule has 0 aromatic carbocycles. The van der Waals surface area contributed by atoms with Crippen molar-refractivity contribution in [2.45, 2.75) is 57.7 Å². The molecule has 0 aromatic heterocycles. The van der Waals surface area contributed by atoms with Crippen molar-refractivity contribution in [1.29, 1.82) is 0 Å². The first-order valence-electron chi connectivity index (χ1n) is 6.64. The van der Waals surface area contributed by atoms with Gasteiger partial charge in [-0.1, -0.05) is 0 Å². The molecule has 3 heteroatoms. The molecular weight excluding hydrogens is 200 g/mol. The number of nitrogens with zero attached hydrogens (tertiary/aromatic N) is 1. The Morgan fingerprint density at radius 3 is 2.25 bits per heavy atom. The van der Waals surface area contributed by atoms with Crippen molar-refractivity contribution in [2.24, 2.45) is 0 Å². The van der Waals surface area contributed by atoms with E-state index in [4.69, 9.17) is 4.74 Å². The van der Waals surface area contributed by atoms with E-state index in [1.54, 1.807) is 0 Å². The third-order valence-electron chi connectivity index (χ3n) is 3.84. The highest BCUT2D eigenvalue weighted by molar-refractivity contribution is 4.86. The van der Waals surface area contributed by atoms with Crippen LogP contribution in [0.3, 0.4) is 0 Å². The SMILES string of the molecule is CC(C)(C)N1CCC(NC2CCOC2)CC1. The fourth-order valence-electron chi connectivity index (χ4n) is 2.72. The number of hydrogen-bond donors (Lipinski definition) is 1. The van der Waals surface area contributed by atoms with E-state index >= 15 is 0 Å². The van der Waals surface area contributed by atoms with E-state index in [2.05, 4.69) is 31.0 Å². The van der Waals surface area contributed by atoms with Crippen LogP contribution in [0.25, 0.3) is 0 Å². The third kappa shape index (κ3) is 3.19. The summed E-state index contributed by atoms with van der Waals surface area (Å²) in [7, 11) is 0. The van der Waals surface area contributed by atoms with Gasteiger partial charge in [-0.05, 0) is 40.0 Å². The van der Waals surface area contributed by atoms with Crippen molar-refractivity contribution in [3.05, 3.63) is 0 Å². The Kier molecular flexibility index (Phi) is 3.88. The summed E-state index contributed by atoms with van der Waals surface area (Å²) in [5.74, 6) is 0. The predicted molar refractivity (Wildman–Crippen MR) is 66.7 cm³/mol. The van der Waals surface area contributed by atoms with Crippen LogP contribution in [0.5, 0.6) is 0 Å². The molecule has 1 atom stereocenters. The second-order valence-corrected chi connectivity index (χ2v) is 6.16. The van der Waals surface area contributed by atoms with Gasteiger partial charge in [0.05, 0.1) is 6.61 Å². The van der Waals surface area contributed by atoms with E-state index in [0.29, 0.717) is 17.6 Å². The number of likely N-dealkylation sites (tertiary alicyclic amines) is 1. The standard InChI is InChI=1S/C13H26N2O/c1-13(2,3)15-7-4-11(5-8-15)14-12-6-9-16-10-12/h11-12,14H,4-10H2,1-3H3. The molecule has 16 heavy (non-hydrogen) atoms. The lowest BCUT2D eigenvalue weighted by molar-refractivity contribution is 0.0926. The summed E-state index contributed by atoms with van der Waals surface area (Å²) < 4.78 is 5.40. The molecule has 2 heterocycles. The highest BCUT2D eigenvalue weighted by Crippen LogP contribution is 2.20. The van der Waals surface area contributed by atoms with Crippen molar-refractivity contribution < 1.29 is 4.74 Å². The molecule has 1 unspecified atom stereocenters. The van der Waals surface area contributed by atoms with Crippen molar-refractivity contribution in [1.82, 2.24) is 10.2 Å². The molecule has 94 valence electrons. The molecule has 0 amide bonds. The average Bonchev–Trinajstić information content (AvgIpc) is 2.70. The van der Waals surface area contributed by atoms with Crippen LogP contribution < -0.4 is 5.32 Å². The summed E-state index contributed by atoms with van der Waals surface area (Å²) in [5, 5.41) is 3.74. The summed E-state index contributed by atoms with van der Waals surface area (Å²) >= 11 is 0. The minimum absolute atomic E-state index is 0.335. The molecule has 0 bridgehead atoms. The zero-order chi connectivity index (χ0) is 11.6. The maximum Gasteiger partial charge on any atom is 0.0620 e. The molecule has 2 aliphatic rings. The van der Waals surface area contributed by atoms with Gasteiger partial charge in [-0.15, -0.1) is 0 Å². The van der Waals surface area contributed by atoms with E-state index in [-0.39, 0.29) is 0 Å². The molecule has 2 fully saturated rings. The van der Waals surface area contributed by atoms with Crippen LogP contribution in [0.15, 0.2) is 0 Å². The number of hydrogen-bond acceptors (Lipinski definition) is 3. The number of ether oxygens (including phenoxy) is 1. The van der Waals surface area contributed by atoms with Crippen LogP contribution in [0.1, 0.15) is 40.0 Å². The quantitative estimate of drug-likeness (QED) is 0.774. The van der Waals surface area contributed by atoms with Gasteiger partial charge in [0.15, 0.2) is 0 Å². The Labute approximate surface area is 99.5 Å². The molecular formula is C13H26N2O. The molecule has 2 saturated heterocycles. The summed E-state index contributed by atoms with van der Waals surface area (Å²) in [6.45, 7) is 11.3. The molecule has 1 N–H and O–H groups in total. The Morgan fingerprint density at radius 1 is 1.06 bits per heavy atom. The molecule has 0 saturated carbocycles. The van der Waals surface area contributed by atoms with Gasteiger partial charge in [-0.3, -0.25) is 4.90 Å². The van der Waals surface area contributed by atoms with Crippen LogP contribution in [-0.4, -0.2) is 48.8 Å². The van der Waals surface area contributed by atoms with Gasteiger partial charge >= 0.3 is 0 Å². The second kappa shape index (κ2) is 5.03. The van der Waals surface area contributed by atoms with E-state index in [1.165, 1.54) is 32.4 Å². The second-order valence-electron chi connectivity index (χ2n) is 6.16. The van der Waals surface area contributed by atoms with E-state index < -0.39 is 0 Å². The highest BCUT2D eigenvalue weighted by atomic mass is 16.5. The predicted octanol–water partition coefficient (Wildman–Crippen LogP) is 1.63. The van der Waals surface area contributed by atoms with Gasteiger partial charge in [0.1, 0.15) is 0 Å². The van der Waals surface area contributed by atoms with Crippen LogP contribution in [0.2, 0.25) is 0 Å². The van der Waals surface area contributed by atoms with Crippen LogP contribution in [-0.2, 0) is 4.74 Å². The molecule has 0 radical (unpaired) electrons. The fraction of sp³-hybridized carbons (Fsp3) is 1.00. The Hall–Kier alpha value is -0.120. The fourth-order valence-corrected chi connectivity index (χ4v) is 2.72. The van der Waals surface area contributed by atoms with Crippen LogP contribution >= 0.6 is 0 Å². The van der Waals surface area contributed by atoms with Crippen molar-refractivity contribution in [3.8, 4) is 0 Å². The van der Waals surface area contributed by atoms with Gasteiger partial charge < -0.3 is 10.1 Å². The van der Waals surface area contributed by atoms with E-state index in [1.807, 2.05) is 0 Å². The molecule has 0 aromatic rings. The van der Waals surface area contributed by atoms with Crippen molar-refractivity contribution in [2.75, 3.05) is 26.3 Å². The molecule has 2 rings (SSSR count). The zero-order valence-electron chi connectivity index (χ0n) is 11.0. The van der Waals surface area contributed by atoms with Crippen molar-refractivity contribution in [3.63, 3.8) is 0 Å². The molecule has 2 aliphatic heterocycles. The number of nitrogens with one attached hydrogen (secondary N) is 1. The van der Waals surface area contributed by atoms with E-state index in [0.717, 1.165) is 13.2 Å². The Morgan fingerprint density at radius 2 is 1.75 bits per heavy atom. The third-order valence-corrected chi connectivity index (χ3v) is 3.84. The summed E-state index contributed by atoms with van der Waals surface area (Å²) in [5.41, 5.74) is 0.335. The smallest absolute Gasteiger partial charge is 0.0620 e. The Balaban J connectivity index is 1.72. The summed E-state index contributed by atoms with van der Waals surface area (Å²) in [6, 6.07) is 1.33. The maximum atomic E-state index is 5.40. The molecule has 0 spiro atoms. The van der Waals surface area contributed by atoms with Crippen molar-refractivity contribution >= 4 is 0 Å². The van der Waals surface area contributed by atoms with E-state index in [9.17, 15) is 0 Å². The zero-order valence-corrected chi connectivity index (χ0v) is 11.0. The largest absolute Gasteiger partial charge is 0.380 e. The molecule has 0 aliphatic carbocycles. The normalized spacial score (nSPS) is 29.8. The minimum atomic E-state index is 0.335.